The van der Waals surface area contributed by atoms with Gasteiger partial charge in [-0.3, -0.25) is 9.78 Å². The van der Waals surface area contributed by atoms with E-state index in [2.05, 4.69) is 4.98 Å². The monoisotopic (exact) mass is 229 g/mol. The number of nitrogens with zero attached hydrogens (tertiary/aromatic N) is 1. The first kappa shape index (κ1) is 11.5. The third-order valence-electron chi connectivity index (χ3n) is 2.58. The van der Waals surface area contributed by atoms with E-state index in [4.69, 9.17) is 0 Å². The molecule has 0 N–H and O–H groups in total. The van der Waals surface area contributed by atoms with Crippen LogP contribution in [0.1, 0.15) is 27.0 Å². The Hall–Kier alpha value is -2.03. The highest BCUT2D eigenvalue weighted by atomic mass is 19.1. The quantitative estimate of drug-likeness (QED) is 0.741. The Bertz CT molecular complexity index is 578. The van der Waals surface area contributed by atoms with Crippen LogP contribution in [-0.4, -0.2) is 10.8 Å². The summed E-state index contributed by atoms with van der Waals surface area (Å²) in [7, 11) is 0. The van der Waals surface area contributed by atoms with Crippen LogP contribution >= 0.6 is 0 Å². The van der Waals surface area contributed by atoms with Crippen LogP contribution in [-0.2, 0) is 0 Å². The molecule has 2 nitrogen and oxygen atoms in total. The molecule has 1 aromatic carbocycles. The molecule has 86 valence electrons. The molecular weight excluding hydrogens is 217 g/mol. The smallest absolute Gasteiger partial charge is 0.194 e. The average molecular weight is 229 g/mol. The van der Waals surface area contributed by atoms with Gasteiger partial charge in [-0.2, -0.15) is 0 Å². The van der Waals surface area contributed by atoms with Gasteiger partial charge in [0.1, 0.15) is 5.82 Å². The van der Waals surface area contributed by atoms with Crippen LogP contribution in [0.5, 0.6) is 0 Å². The largest absolute Gasteiger partial charge is 0.289 e. The van der Waals surface area contributed by atoms with Gasteiger partial charge in [0.25, 0.3) is 0 Å². The minimum Gasteiger partial charge on any atom is -0.289 e. The number of aromatic nitrogens is 1. The van der Waals surface area contributed by atoms with Crippen molar-refractivity contribution in [1.82, 2.24) is 4.98 Å². The molecule has 0 bridgehead atoms. The summed E-state index contributed by atoms with van der Waals surface area (Å²) in [5.74, 6) is -0.599. The van der Waals surface area contributed by atoms with Crippen LogP contribution in [0.25, 0.3) is 0 Å². The van der Waals surface area contributed by atoms with E-state index in [9.17, 15) is 9.18 Å². The number of hydrogen-bond acceptors (Lipinski definition) is 2. The summed E-state index contributed by atoms with van der Waals surface area (Å²) < 4.78 is 13.1. The third-order valence-corrected chi connectivity index (χ3v) is 2.58. The van der Waals surface area contributed by atoms with E-state index in [-0.39, 0.29) is 5.78 Å². The third kappa shape index (κ3) is 2.38. The van der Waals surface area contributed by atoms with Gasteiger partial charge in [0, 0.05) is 23.5 Å². The number of ketones is 1. The van der Waals surface area contributed by atoms with Gasteiger partial charge in [0.15, 0.2) is 5.78 Å². The van der Waals surface area contributed by atoms with Crippen molar-refractivity contribution in [2.24, 2.45) is 0 Å². The lowest BCUT2D eigenvalue weighted by atomic mass is 9.99. The Labute approximate surface area is 99.1 Å². The highest BCUT2D eigenvalue weighted by Crippen LogP contribution is 2.15. The normalized spacial score (nSPS) is 10.3. The molecular formula is C14H12FNO. The topological polar surface area (TPSA) is 30.0 Å². The number of carbonyl (C=O) groups excluding carboxylic acids is 1. The predicted molar refractivity (Wildman–Crippen MR) is 63.5 cm³/mol. The van der Waals surface area contributed by atoms with E-state index >= 15 is 0 Å². The Morgan fingerprint density at radius 1 is 1.18 bits per heavy atom. The standard InChI is InChI=1S/C14H12FNO/c1-9-5-11(8-16-7-9)14(17)13-6-12(15)4-3-10(13)2/h3-8H,1-2H3. The first-order chi connectivity index (χ1) is 8.08. The molecule has 0 fully saturated rings. The number of rotatable bonds is 2. The van der Waals surface area contributed by atoms with Crippen LogP contribution in [0.15, 0.2) is 36.7 Å². The molecule has 0 saturated heterocycles. The molecule has 17 heavy (non-hydrogen) atoms. The molecule has 0 saturated carbocycles. The second kappa shape index (κ2) is 4.45. The second-order valence-electron chi connectivity index (χ2n) is 4.04. The summed E-state index contributed by atoms with van der Waals surface area (Å²) in [4.78, 5) is 16.1. The maximum Gasteiger partial charge on any atom is 0.194 e. The molecule has 0 radical (unpaired) electrons. The maximum absolute atomic E-state index is 13.1. The second-order valence-corrected chi connectivity index (χ2v) is 4.04. The summed E-state index contributed by atoms with van der Waals surface area (Å²) >= 11 is 0. The van der Waals surface area contributed by atoms with Gasteiger partial charge in [-0.25, -0.2) is 4.39 Å². The zero-order valence-corrected chi connectivity index (χ0v) is 9.70. The van der Waals surface area contributed by atoms with Crippen LogP contribution in [0.4, 0.5) is 4.39 Å². The van der Waals surface area contributed by atoms with E-state index in [1.54, 1.807) is 25.3 Å². The highest BCUT2D eigenvalue weighted by molar-refractivity contribution is 6.09. The summed E-state index contributed by atoms with van der Waals surface area (Å²) in [6, 6.07) is 5.96. The number of pyridine rings is 1. The van der Waals surface area contributed by atoms with Gasteiger partial charge in [-0.15, -0.1) is 0 Å². The van der Waals surface area contributed by atoms with Crippen molar-refractivity contribution < 1.29 is 9.18 Å². The van der Waals surface area contributed by atoms with E-state index in [1.807, 2.05) is 6.92 Å². The zero-order valence-electron chi connectivity index (χ0n) is 9.70. The zero-order chi connectivity index (χ0) is 12.4. The van der Waals surface area contributed by atoms with Crippen molar-refractivity contribution in [1.29, 1.82) is 0 Å². The predicted octanol–water partition coefficient (Wildman–Crippen LogP) is 3.07. The maximum atomic E-state index is 13.1. The van der Waals surface area contributed by atoms with Crippen LogP contribution in [0, 0.1) is 19.7 Å². The van der Waals surface area contributed by atoms with Gasteiger partial charge in [0.05, 0.1) is 0 Å². The van der Waals surface area contributed by atoms with Crippen molar-refractivity contribution >= 4 is 5.78 Å². The number of carbonyl (C=O) groups is 1. The minimum atomic E-state index is -0.403. The van der Waals surface area contributed by atoms with Gasteiger partial charge < -0.3 is 0 Å². The van der Waals surface area contributed by atoms with E-state index < -0.39 is 5.82 Å². The molecule has 2 aromatic rings. The van der Waals surface area contributed by atoms with Crippen molar-refractivity contribution in [2.75, 3.05) is 0 Å². The van der Waals surface area contributed by atoms with Gasteiger partial charge >= 0.3 is 0 Å². The molecule has 3 heteroatoms. The van der Waals surface area contributed by atoms with Crippen molar-refractivity contribution in [3.63, 3.8) is 0 Å². The molecule has 0 amide bonds. The molecule has 0 atom stereocenters. The number of hydrogen-bond donors (Lipinski definition) is 0. The van der Waals surface area contributed by atoms with Crippen LogP contribution < -0.4 is 0 Å². The lowest BCUT2D eigenvalue weighted by Crippen LogP contribution is -2.05. The molecule has 0 spiro atoms. The number of benzene rings is 1. The number of aryl methyl sites for hydroxylation is 2. The van der Waals surface area contributed by atoms with Gasteiger partial charge in [-0.1, -0.05) is 6.07 Å². The average Bonchev–Trinajstić information content (AvgIpc) is 2.31. The Morgan fingerprint density at radius 3 is 2.65 bits per heavy atom. The summed E-state index contributed by atoms with van der Waals surface area (Å²) in [5.41, 5.74) is 2.54. The fourth-order valence-electron chi connectivity index (χ4n) is 1.67. The van der Waals surface area contributed by atoms with E-state index in [0.717, 1.165) is 11.1 Å². The van der Waals surface area contributed by atoms with Gasteiger partial charge in [0.2, 0.25) is 0 Å². The molecule has 0 aliphatic carbocycles. The summed E-state index contributed by atoms with van der Waals surface area (Å²) in [6.45, 7) is 3.65. The number of halogens is 1. The summed E-state index contributed by atoms with van der Waals surface area (Å²) in [6.07, 6.45) is 3.18. The van der Waals surface area contributed by atoms with Crippen molar-refractivity contribution in [3.05, 3.63) is 64.7 Å². The van der Waals surface area contributed by atoms with Gasteiger partial charge in [-0.05, 0) is 43.2 Å². The first-order valence-corrected chi connectivity index (χ1v) is 5.30. The lowest BCUT2D eigenvalue weighted by molar-refractivity contribution is 0.103. The molecule has 0 aliphatic rings. The lowest BCUT2D eigenvalue weighted by Gasteiger charge is -2.05. The highest BCUT2D eigenvalue weighted by Gasteiger charge is 2.13. The summed E-state index contributed by atoms with van der Waals surface area (Å²) in [5, 5.41) is 0. The van der Waals surface area contributed by atoms with E-state index in [0.29, 0.717) is 11.1 Å². The van der Waals surface area contributed by atoms with Crippen molar-refractivity contribution in [3.8, 4) is 0 Å². The Balaban J connectivity index is 2.47. The fraction of sp³-hybridized carbons (Fsp3) is 0.143. The van der Waals surface area contributed by atoms with Crippen LogP contribution in [0.2, 0.25) is 0 Å². The SMILES string of the molecule is Cc1cncc(C(=O)c2cc(F)ccc2C)c1. The minimum absolute atomic E-state index is 0.196. The van der Waals surface area contributed by atoms with E-state index in [1.165, 1.54) is 18.3 Å². The fourth-order valence-corrected chi connectivity index (χ4v) is 1.67. The first-order valence-electron chi connectivity index (χ1n) is 5.30. The molecule has 1 aromatic heterocycles. The molecule has 0 aliphatic heterocycles. The Kier molecular flexibility index (Phi) is 3.00. The molecule has 2 rings (SSSR count). The van der Waals surface area contributed by atoms with Crippen LogP contribution in [0.3, 0.4) is 0 Å². The molecule has 0 unspecified atom stereocenters. The molecule has 1 heterocycles. The van der Waals surface area contributed by atoms with Crippen molar-refractivity contribution in [2.45, 2.75) is 13.8 Å². The Morgan fingerprint density at radius 2 is 1.94 bits per heavy atom.